The van der Waals surface area contributed by atoms with Crippen LogP contribution in [0.4, 0.5) is 4.39 Å². The number of thiocarbonyl (C=S) groups is 1. The highest BCUT2D eigenvalue weighted by Gasteiger charge is 2.07. The lowest BCUT2D eigenvalue weighted by atomic mass is 10.1. The summed E-state index contributed by atoms with van der Waals surface area (Å²) in [6, 6.07) is 13.3. The first-order chi connectivity index (χ1) is 11.5. The third kappa shape index (κ3) is 4.54. The van der Waals surface area contributed by atoms with Crippen LogP contribution in [0.3, 0.4) is 0 Å². The maximum atomic E-state index is 13.2. The lowest BCUT2D eigenvalue weighted by molar-refractivity contribution is 0.284. The number of hydrogen-bond donors (Lipinski definition) is 1. The van der Waals surface area contributed by atoms with Gasteiger partial charge in [-0.25, -0.2) is 4.39 Å². The number of rotatable bonds is 6. The van der Waals surface area contributed by atoms with Crippen molar-refractivity contribution >= 4 is 23.3 Å². The first kappa shape index (κ1) is 17.4. The molecule has 0 bridgehead atoms. The number of methoxy groups -OCH3 is 1. The highest BCUT2D eigenvalue weighted by atomic mass is 32.1. The summed E-state index contributed by atoms with van der Waals surface area (Å²) < 4.78 is 24.2. The van der Waals surface area contributed by atoms with Crippen molar-refractivity contribution in [3.63, 3.8) is 0 Å². The van der Waals surface area contributed by atoms with E-state index in [1.54, 1.807) is 36.4 Å². The van der Waals surface area contributed by atoms with Gasteiger partial charge in [0.05, 0.1) is 12.7 Å². The molecule has 2 aromatic rings. The molecule has 0 aromatic heterocycles. The Bertz CT molecular complexity index is 828. The second kappa shape index (κ2) is 8.09. The predicted molar refractivity (Wildman–Crippen MR) is 94.1 cm³/mol. The third-order valence-electron chi connectivity index (χ3n) is 3.17. The summed E-state index contributed by atoms with van der Waals surface area (Å²) in [7, 11) is 1.51. The molecule has 2 rings (SSSR count). The number of ether oxygens (including phenoxy) is 2. The van der Waals surface area contributed by atoms with Gasteiger partial charge >= 0.3 is 0 Å². The van der Waals surface area contributed by atoms with Crippen LogP contribution in [0.15, 0.2) is 48.0 Å². The van der Waals surface area contributed by atoms with Crippen LogP contribution in [-0.4, -0.2) is 12.1 Å². The highest BCUT2D eigenvalue weighted by molar-refractivity contribution is 7.80. The fraction of sp³-hybridized carbons (Fsp3) is 0.111. The van der Waals surface area contributed by atoms with Crippen molar-refractivity contribution in [3.05, 3.63) is 65.0 Å². The van der Waals surface area contributed by atoms with Crippen molar-refractivity contribution in [1.29, 1.82) is 5.26 Å². The molecular weight excluding hydrogens is 327 g/mol. The average molecular weight is 342 g/mol. The molecule has 0 heterocycles. The molecule has 24 heavy (non-hydrogen) atoms. The maximum absolute atomic E-state index is 13.2. The van der Waals surface area contributed by atoms with E-state index >= 15 is 0 Å². The van der Waals surface area contributed by atoms with Crippen LogP contribution in [0.2, 0.25) is 0 Å². The van der Waals surface area contributed by atoms with Gasteiger partial charge in [-0.15, -0.1) is 0 Å². The molecule has 0 atom stereocenters. The van der Waals surface area contributed by atoms with E-state index < -0.39 is 0 Å². The van der Waals surface area contributed by atoms with Crippen LogP contribution in [0.5, 0.6) is 11.5 Å². The number of hydrogen-bond acceptors (Lipinski definition) is 4. The molecule has 0 amide bonds. The predicted octanol–water partition coefficient (Wildman–Crippen LogP) is 3.61. The van der Waals surface area contributed by atoms with Gasteiger partial charge in [-0.2, -0.15) is 5.26 Å². The molecular formula is C18H15FN2O2S. The van der Waals surface area contributed by atoms with E-state index in [1.807, 2.05) is 6.07 Å². The molecule has 2 N–H and O–H groups in total. The maximum Gasteiger partial charge on any atom is 0.161 e. The molecule has 0 unspecified atom stereocenters. The van der Waals surface area contributed by atoms with Gasteiger partial charge < -0.3 is 15.2 Å². The van der Waals surface area contributed by atoms with Gasteiger partial charge in [0.1, 0.15) is 23.5 Å². The number of benzene rings is 2. The van der Waals surface area contributed by atoms with Crippen molar-refractivity contribution < 1.29 is 13.9 Å². The first-order valence-electron chi connectivity index (χ1n) is 7.00. The zero-order chi connectivity index (χ0) is 17.5. The molecule has 0 aliphatic carbocycles. The molecule has 2 aromatic carbocycles. The van der Waals surface area contributed by atoms with Crippen LogP contribution in [0, 0.1) is 17.1 Å². The fourth-order valence-electron chi connectivity index (χ4n) is 2.01. The monoisotopic (exact) mass is 342 g/mol. The Morgan fingerprint density at radius 1 is 1.29 bits per heavy atom. The summed E-state index contributed by atoms with van der Waals surface area (Å²) in [6.07, 6.45) is 1.57. The van der Waals surface area contributed by atoms with Gasteiger partial charge in [-0.1, -0.05) is 30.4 Å². The standard InChI is InChI=1S/C18H15FN2O2S/c1-22-17-9-12(7-14(10-20)18(21)24)5-6-16(17)23-11-13-3-2-4-15(19)8-13/h2-9H,11H2,1H3,(H2,21,24)/b14-7+. The summed E-state index contributed by atoms with van der Waals surface area (Å²) in [5, 5.41) is 9.00. The SMILES string of the molecule is COc1cc(/C=C(\C#N)C(N)=S)ccc1OCc1cccc(F)c1. The zero-order valence-corrected chi connectivity index (χ0v) is 13.8. The van der Waals surface area contributed by atoms with Crippen molar-refractivity contribution in [2.24, 2.45) is 5.73 Å². The first-order valence-corrected chi connectivity index (χ1v) is 7.41. The molecule has 4 nitrogen and oxygen atoms in total. The minimum atomic E-state index is -0.315. The Kier molecular flexibility index (Phi) is 5.88. The summed E-state index contributed by atoms with van der Waals surface area (Å²) in [4.78, 5) is 0.0305. The van der Waals surface area contributed by atoms with E-state index in [2.05, 4.69) is 0 Å². The van der Waals surface area contributed by atoms with Gasteiger partial charge in [0.25, 0.3) is 0 Å². The molecule has 0 saturated heterocycles. The molecule has 0 aliphatic rings. The minimum Gasteiger partial charge on any atom is -0.493 e. The van der Waals surface area contributed by atoms with E-state index in [0.29, 0.717) is 22.6 Å². The topological polar surface area (TPSA) is 68.3 Å². The molecule has 0 radical (unpaired) electrons. The summed E-state index contributed by atoms with van der Waals surface area (Å²) in [6.45, 7) is 0.208. The fourth-order valence-corrected chi connectivity index (χ4v) is 2.11. The molecule has 0 saturated carbocycles. The van der Waals surface area contributed by atoms with Gasteiger partial charge in [0, 0.05) is 0 Å². The van der Waals surface area contributed by atoms with Gasteiger partial charge in [-0.3, -0.25) is 0 Å². The second-order valence-corrected chi connectivity index (χ2v) is 5.30. The van der Waals surface area contributed by atoms with Gasteiger partial charge in [0.2, 0.25) is 0 Å². The van der Waals surface area contributed by atoms with Crippen LogP contribution >= 0.6 is 12.2 Å². The van der Waals surface area contributed by atoms with Crippen molar-refractivity contribution in [3.8, 4) is 17.6 Å². The average Bonchev–Trinajstić information content (AvgIpc) is 2.58. The van der Waals surface area contributed by atoms with E-state index in [9.17, 15) is 4.39 Å². The van der Waals surface area contributed by atoms with Crippen LogP contribution in [0.1, 0.15) is 11.1 Å². The quantitative estimate of drug-likeness (QED) is 0.493. The van der Waals surface area contributed by atoms with Crippen molar-refractivity contribution in [2.75, 3.05) is 7.11 Å². The summed E-state index contributed by atoms with van der Waals surface area (Å²) in [5.41, 5.74) is 7.10. The minimum absolute atomic E-state index is 0.0305. The molecule has 0 aliphatic heterocycles. The Morgan fingerprint density at radius 3 is 2.71 bits per heavy atom. The lowest BCUT2D eigenvalue weighted by Gasteiger charge is -2.11. The normalized spacial score (nSPS) is 10.8. The zero-order valence-electron chi connectivity index (χ0n) is 13.0. The van der Waals surface area contributed by atoms with Crippen LogP contribution < -0.4 is 15.2 Å². The second-order valence-electron chi connectivity index (χ2n) is 4.86. The molecule has 0 spiro atoms. The van der Waals surface area contributed by atoms with E-state index in [4.69, 9.17) is 32.7 Å². The Morgan fingerprint density at radius 2 is 2.08 bits per heavy atom. The Hall–Kier alpha value is -2.91. The lowest BCUT2D eigenvalue weighted by Crippen LogP contribution is -2.09. The number of nitriles is 1. The van der Waals surface area contributed by atoms with Crippen LogP contribution in [-0.2, 0) is 6.61 Å². The molecule has 6 heteroatoms. The summed E-state index contributed by atoms with van der Waals surface area (Å²) >= 11 is 4.81. The number of halogens is 1. The van der Waals surface area contributed by atoms with Crippen LogP contribution in [0.25, 0.3) is 6.08 Å². The summed E-state index contributed by atoms with van der Waals surface area (Å²) in [5.74, 6) is 0.679. The smallest absolute Gasteiger partial charge is 0.161 e. The number of nitrogens with two attached hydrogens (primary N) is 1. The Balaban J connectivity index is 2.20. The molecule has 0 fully saturated rings. The van der Waals surface area contributed by atoms with E-state index in [0.717, 1.165) is 0 Å². The number of nitrogens with zero attached hydrogens (tertiary/aromatic N) is 1. The third-order valence-corrected chi connectivity index (χ3v) is 3.39. The molecule has 122 valence electrons. The van der Waals surface area contributed by atoms with Gasteiger partial charge in [0.15, 0.2) is 11.5 Å². The van der Waals surface area contributed by atoms with E-state index in [-0.39, 0.29) is 23.0 Å². The van der Waals surface area contributed by atoms with Crippen molar-refractivity contribution in [1.82, 2.24) is 0 Å². The Labute approximate surface area is 144 Å². The van der Waals surface area contributed by atoms with Crippen molar-refractivity contribution in [2.45, 2.75) is 6.61 Å². The highest BCUT2D eigenvalue weighted by Crippen LogP contribution is 2.29. The van der Waals surface area contributed by atoms with Gasteiger partial charge in [-0.05, 0) is 41.5 Å². The van der Waals surface area contributed by atoms with E-state index in [1.165, 1.54) is 19.2 Å². The largest absolute Gasteiger partial charge is 0.493 e.